The van der Waals surface area contributed by atoms with E-state index in [1.807, 2.05) is 0 Å². The molecule has 0 radical (unpaired) electrons. The summed E-state index contributed by atoms with van der Waals surface area (Å²) in [4.78, 5) is 79.1. The van der Waals surface area contributed by atoms with Crippen LogP contribution in [0.15, 0.2) is 98.2 Å². The molecular weight excluding hydrogens is 830 g/mol. The van der Waals surface area contributed by atoms with Crippen molar-refractivity contribution in [1.82, 2.24) is 15.5 Å². The number of ether oxygens (including phenoxy) is 2. The Bertz CT molecular complexity index is 2790. The Morgan fingerprint density at radius 3 is 2.31 bits per heavy atom. The number of phenols is 3. The first-order valence-electron chi connectivity index (χ1n) is 17.5. The third kappa shape index (κ3) is 6.18. The predicted octanol–water partition coefficient (Wildman–Crippen LogP) is 4.39. The summed E-state index contributed by atoms with van der Waals surface area (Å²) in [5, 5.41) is 44.6. The van der Waals surface area contributed by atoms with E-state index in [4.69, 9.17) is 25.5 Å². The van der Waals surface area contributed by atoms with Crippen LogP contribution in [-0.2, 0) is 24.7 Å². The van der Waals surface area contributed by atoms with Crippen LogP contribution >= 0.6 is 35.1 Å². The second kappa shape index (κ2) is 14.0. The van der Waals surface area contributed by atoms with Gasteiger partial charge in [-0.25, -0.2) is 14.4 Å². The highest BCUT2D eigenvalue weighted by Crippen LogP contribution is 2.57. The molecule has 1 aromatic heterocycles. The number of hydrogen-bond acceptors (Lipinski definition) is 14. The number of esters is 1. The molecule has 5 heterocycles. The molecule has 1 saturated heterocycles. The monoisotopic (exact) mass is 855 g/mol. The van der Waals surface area contributed by atoms with Gasteiger partial charge < -0.3 is 45.0 Å². The summed E-state index contributed by atoms with van der Waals surface area (Å²) in [6.45, 7) is -0.618. The molecule has 4 aromatic carbocycles. The van der Waals surface area contributed by atoms with Gasteiger partial charge in [0, 0.05) is 56.7 Å². The summed E-state index contributed by atoms with van der Waals surface area (Å²) in [6.07, 6.45) is 0. The van der Waals surface area contributed by atoms with Gasteiger partial charge >= 0.3 is 17.6 Å². The lowest BCUT2D eigenvalue weighted by atomic mass is 9.77. The molecule has 6 N–H and O–H groups in total. The van der Waals surface area contributed by atoms with Gasteiger partial charge in [0.25, 0.3) is 11.8 Å². The van der Waals surface area contributed by atoms with Gasteiger partial charge in [-0.1, -0.05) is 17.7 Å². The lowest BCUT2D eigenvalue weighted by Gasteiger charge is -2.49. The van der Waals surface area contributed by atoms with Crippen molar-refractivity contribution in [2.75, 3.05) is 18.1 Å². The number of halogens is 1. The first kappa shape index (κ1) is 37.9. The number of phenolic OH excluding ortho intramolecular Hbond substituents is 3. The van der Waals surface area contributed by atoms with E-state index < -0.39 is 64.4 Å². The molecule has 298 valence electrons. The fraction of sp³-hybridized carbons (Fsp3) is 0.150. The highest BCUT2D eigenvalue weighted by molar-refractivity contribution is 8.01. The van der Waals surface area contributed by atoms with Crippen molar-refractivity contribution in [3.8, 4) is 28.7 Å². The Morgan fingerprint density at radius 2 is 1.61 bits per heavy atom. The van der Waals surface area contributed by atoms with E-state index in [1.54, 1.807) is 30.3 Å². The normalized spacial score (nSPS) is 18.2. The number of carboxylic acids is 1. The van der Waals surface area contributed by atoms with Gasteiger partial charge in [-0.3, -0.25) is 19.3 Å². The number of aromatic hydroxyl groups is 3. The van der Waals surface area contributed by atoms with E-state index in [9.17, 15) is 49.2 Å². The molecule has 19 heteroatoms. The number of nitrogens with one attached hydrogen (secondary N) is 2. The summed E-state index contributed by atoms with van der Waals surface area (Å²) in [7, 11) is 0. The molecule has 3 amide bonds. The van der Waals surface area contributed by atoms with Gasteiger partial charge in [-0.15, -0.1) is 23.5 Å². The fourth-order valence-electron chi connectivity index (χ4n) is 7.51. The van der Waals surface area contributed by atoms with Crippen LogP contribution in [0.5, 0.6) is 28.7 Å². The van der Waals surface area contributed by atoms with Gasteiger partial charge in [0.1, 0.15) is 57.0 Å². The molecule has 1 spiro atoms. The summed E-state index contributed by atoms with van der Waals surface area (Å²) in [6, 6.07) is 16.6. The number of fused-ring (bicyclic) bond motifs is 8. The third-order valence-corrected chi connectivity index (χ3v) is 12.9. The fourth-order valence-corrected chi connectivity index (χ4v) is 10.1. The summed E-state index contributed by atoms with van der Waals surface area (Å²) in [5.74, 6) is -3.99. The Morgan fingerprint density at radius 1 is 0.915 bits per heavy atom. The third-order valence-electron chi connectivity index (χ3n) is 10.2. The Labute approximate surface area is 344 Å². The molecule has 2 atom stereocenters. The zero-order valence-electron chi connectivity index (χ0n) is 29.8. The van der Waals surface area contributed by atoms with Crippen molar-refractivity contribution in [1.29, 1.82) is 0 Å². The Balaban J connectivity index is 0.885. The van der Waals surface area contributed by atoms with Crippen LogP contribution < -0.4 is 21.0 Å². The van der Waals surface area contributed by atoms with Crippen molar-refractivity contribution in [2.24, 2.45) is 0 Å². The number of benzene rings is 4. The maximum atomic E-state index is 13.6. The number of hydrogen-bond donors (Lipinski definition) is 6. The number of rotatable bonds is 8. The maximum absolute atomic E-state index is 13.6. The number of carbonyl (C=O) groups is 5. The second-order valence-electron chi connectivity index (χ2n) is 13.7. The van der Waals surface area contributed by atoms with E-state index in [1.165, 1.54) is 59.9 Å². The van der Waals surface area contributed by atoms with E-state index >= 15 is 0 Å². The first-order chi connectivity index (χ1) is 28.2. The minimum absolute atomic E-state index is 0.00922. The van der Waals surface area contributed by atoms with Gasteiger partial charge in [-0.05, 0) is 54.1 Å². The number of thioether (sulfide) groups is 2. The van der Waals surface area contributed by atoms with E-state index in [0.29, 0.717) is 27.2 Å². The maximum Gasteiger partial charge on any atom is 0.352 e. The quantitative estimate of drug-likeness (QED) is 0.0549. The topological polar surface area (TPSA) is 242 Å². The summed E-state index contributed by atoms with van der Waals surface area (Å²) < 4.78 is 17.2. The van der Waals surface area contributed by atoms with Gasteiger partial charge in [0.2, 0.25) is 5.91 Å². The smallest absolute Gasteiger partial charge is 0.352 e. The van der Waals surface area contributed by atoms with Crippen LogP contribution in [0.25, 0.3) is 11.0 Å². The predicted molar refractivity (Wildman–Crippen MR) is 210 cm³/mol. The van der Waals surface area contributed by atoms with Crippen molar-refractivity contribution >= 4 is 75.8 Å². The summed E-state index contributed by atoms with van der Waals surface area (Å²) in [5.41, 5.74) is -1.00. The number of nitrogens with zero attached hydrogens (tertiary/aromatic N) is 1. The Kier molecular flexibility index (Phi) is 9.02. The van der Waals surface area contributed by atoms with Crippen LogP contribution in [0.2, 0.25) is 5.02 Å². The minimum Gasteiger partial charge on any atom is -0.508 e. The highest BCUT2D eigenvalue weighted by atomic mass is 35.5. The molecule has 0 bridgehead atoms. The average molecular weight is 856 g/mol. The van der Waals surface area contributed by atoms with Crippen molar-refractivity contribution in [3.05, 3.63) is 127 Å². The summed E-state index contributed by atoms with van der Waals surface area (Å²) >= 11 is 8.41. The van der Waals surface area contributed by atoms with Crippen LogP contribution in [0.3, 0.4) is 0 Å². The lowest BCUT2D eigenvalue weighted by molar-refractivity contribution is -0.150. The molecule has 4 aliphatic rings. The number of amides is 3. The molecule has 9 rings (SSSR count). The first-order valence-corrected chi connectivity index (χ1v) is 19.9. The molecule has 0 unspecified atom stereocenters. The molecule has 59 heavy (non-hydrogen) atoms. The van der Waals surface area contributed by atoms with Crippen LogP contribution in [-0.4, -0.2) is 84.5 Å². The SMILES string of the molecule is O=C(CNC(=O)c1cc2cc(Cl)c(O)cc2oc1=O)N[C@@H]1C(=O)N2C(C(=O)O)=C(CSc3ccc4c(c3)C(=O)OC43c4ccc(O)cc4Oc4cc(O)ccc43)CS[C@H]12. The minimum atomic E-state index is -1.45. The zero-order valence-corrected chi connectivity index (χ0v) is 32.2. The highest BCUT2D eigenvalue weighted by Gasteiger charge is 2.55. The molecule has 0 aliphatic carbocycles. The van der Waals surface area contributed by atoms with Crippen LogP contribution in [0.4, 0.5) is 0 Å². The van der Waals surface area contributed by atoms with Gasteiger partial charge in [0.05, 0.1) is 17.1 Å². The second-order valence-corrected chi connectivity index (χ2v) is 16.3. The molecule has 1 fully saturated rings. The number of carbonyl (C=O) groups excluding carboxylic acids is 4. The lowest BCUT2D eigenvalue weighted by Crippen LogP contribution is -2.71. The largest absolute Gasteiger partial charge is 0.508 e. The average Bonchev–Trinajstić information content (AvgIpc) is 3.48. The molecule has 16 nitrogen and oxygen atoms in total. The Hall–Kier alpha value is -6.63. The molecule has 5 aromatic rings. The van der Waals surface area contributed by atoms with Gasteiger partial charge in [0.15, 0.2) is 5.60 Å². The molecule has 4 aliphatic heterocycles. The van der Waals surface area contributed by atoms with Crippen LogP contribution in [0, 0.1) is 0 Å². The van der Waals surface area contributed by atoms with E-state index in [2.05, 4.69) is 10.6 Å². The number of β-lactam (4-membered cyclic amide) rings is 1. The van der Waals surface area contributed by atoms with Crippen LogP contribution in [0.1, 0.15) is 37.4 Å². The molecular formula is C40H26ClN3O13S2. The number of aliphatic carboxylic acids is 1. The molecule has 0 saturated carbocycles. The van der Waals surface area contributed by atoms with E-state index in [-0.39, 0.29) is 67.5 Å². The van der Waals surface area contributed by atoms with Crippen molar-refractivity contribution < 1.29 is 58.3 Å². The van der Waals surface area contributed by atoms with E-state index in [0.717, 1.165) is 11.0 Å². The zero-order chi connectivity index (χ0) is 41.5. The number of carboxylic acid groups (broad SMARTS) is 1. The standard InChI is InChI=1S/C40H26ClN3O13S2/c41-26-8-16-7-22(38(53)56-28(16)12-27(26)47)34(49)42-13-31(48)43-32-35(50)44-33(37(51)52)17(15-59-36(32)44)14-58-20-3-6-23-21(11-20)39(54)57-40(23)24-4-1-18(45)9-29(24)55-30-10-19(46)2-5-25(30)40/h1-12,32,36,45-47H,13-15H2,(H,42,49)(H,43,48)(H,51,52)/t32-,36-/m1/s1. The van der Waals surface area contributed by atoms with Crippen molar-refractivity contribution in [2.45, 2.75) is 21.9 Å². The van der Waals surface area contributed by atoms with Gasteiger partial charge in [-0.2, -0.15) is 0 Å². The van der Waals surface area contributed by atoms with Crippen molar-refractivity contribution in [3.63, 3.8) is 0 Å².